The number of amides is 1. The van der Waals surface area contributed by atoms with Gasteiger partial charge in [-0.3, -0.25) is 9.59 Å². The quantitative estimate of drug-likeness (QED) is 0.814. The van der Waals surface area contributed by atoms with Gasteiger partial charge in [0.15, 0.2) is 5.78 Å². The zero-order valence-electron chi connectivity index (χ0n) is 11.1. The minimum atomic E-state index is -0.182. The molecule has 1 amide bonds. The van der Waals surface area contributed by atoms with E-state index in [0.717, 1.165) is 27.8 Å². The first kappa shape index (κ1) is 13.4. The lowest BCUT2D eigenvalue weighted by Crippen LogP contribution is -2.28. The fraction of sp³-hybridized carbons (Fsp3) is 0.429. The van der Waals surface area contributed by atoms with Gasteiger partial charge in [0.2, 0.25) is 5.91 Å². The van der Waals surface area contributed by atoms with Crippen LogP contribution in [-0.4, -0.2) is 18.2 Å². The van der Waals surface area contributed by atoms with E-state index in [2.05, 4.69) is 11.4 Å². The number of ketones is 1. The van der Waals surface area contributed by atoms with Gasteiger partial charge in [0, 0.05) is 12.5 Å². The van der Waals surface area contributed by atoms with Gasteiger partial charge in [0.25, 0.3) is 0 Å². The van der Waals surface area contributed by atoms with Crippen molar-refractivity contribution in [2.45, 2.75) is 34.6 Å². The van der Waals surface area contributed by atoms with E-state index >= 15 is 0 Å². The second-order valence-electron chi connectivity index (χ2n) is 4.47. The van der Waals surface area contributed by atoms with E-state index in [-0.39, 0.29) is 18.2 Å². The number of benzene rings is 1. The first-order chi connectivity index (χ1) is 7.84. The Morgan fingerprint density at radius 2 is 1.53 bits per heavy atom. The van der Waals surface area contributed by atoms with Crippen molar-refractivity contribution in [3.05, 3.63) is 33.9 Å². The van der Waals surface area contributed by atoms with Crippen LogP contribution in [0.5, 0.6) is 0 Å². The molecule has 0 aliphatic carbocycles. The van der Waals surface area contributed by atoms with E-state index in [9.17, 15) is 9.59 Å². The molecule has 0 spiro atoms. The van der Waals surface area contributed by atoms with Crippen LogP contribution in [0, 0.1) is 27.7 Å². The largest absolute Gasteiger partial charge is 0.349 e. The topological polar surface area (TPSA) is 46.2 Å². The third kappa shape index (κ3) is 2.93. The van der Waals surface area contributed by atoms with E-state index in [1.807, 2.05) is 27.7 Å². The van der Waals surface area contributed by atoms with Crippen LogP contribution in [-0.2, 0) is 4.79 Å². The molecule has 3 heteroatoms. The molecule has 1 aromatic carbocycles. The second-order valence-corrected chi connectivity index (χ2v) is 4.47. The Labute approximate surface area is 102 Å². The molecule has 0 saturated heterocycles. The summed E-state index contributed by atoms with van der Waals surface area (Å²) in [6.45, 7) is 9.37. The number of carbonyl (C=O) groups is 2. The molecule has 0 unspecified atom stereocenters. The first-order valence-electron chi connectivity index (χ1n) is 5.69. The molecule has 1 aromatic rings. The van der Waals surface area contributed by atoms with E-state index < -0.39 is 0 Å². The number of nitrogens with one attached hydrogen (secondary N) is 1. The molecule has 92 valence electrons. The molecule has 0 saturated carbocycles. The van der Waals surface area contributed by atoms with Crippen LogP contribution in [0.4, 0.5) is 0 Å². The average molecular weight is 233 g/mol. The Bertz CT molecular complexity index is 449. The summed E-state index contributed by atoms with van der Waals surface area (Å²) in [5, 5.41) is 2.55. The van der Waals surface area contributed by atoms with Gasteiger partial charge in [-0.1, -0.05) is 6.07 Å². The van der Waals surface area contributed by atoms with Crippen LogP contribution in [0.3, 0.4) is 0 Å². The molecule has 0 atom stereocenters. The van der Waals surface area contributed by atoms with Crippen molar-refractivity contribution in [2.24, 2.45) is 0 Å². The monoisotopic (exact) mass is 233 g/mol. The molecule has 0 aliphatic rings. The predicted molar refractivity (Wildman–Crippen MR) is 68.4 cm³/mol. The van der Waals surface area contributed by atoms with Gasteiger partial charge >= 0.3 is 0 Å². The summed E-state index contributed by atoms with van der Waals surface area (Å²) >= 11 is 0. The fourth-order valence-corrected chi connectivity index (χ4v) is 1.93. The highest BCUT2D eigenvalue weighted by molar-refractivity contribution is 6.02. The lowest BCUT2D eigenvalue weighted by Gasteiger charge is -2.14. The van der Waals surface area contributed by atoms with Gasteiger partial charge in [-0.15, -0.1) is 0 Å². The Morgan fingerprint density at radius 1 is 1.06 bits per heavy atom. The molecule has 0 aliphatic heterocycles. The summed E-state index contributed by atoms with van der Waals surface area (Å²) in [5.74, 6) is -0.208. The third-order valence-electron chi connectivity index (χ3n) is 3.14. The van der Waals surface area contributed by atoms with E-state index in [1.165, 1.54) is 6.92 Å². The Morgan fingerprint density at radius 3 is 1.94 bits per heavy atom. The molecule has 0 bridgehead atoms. The summed E-state index contributed by atoms with van der Waals surface area (Å²) in [4.78, 5) is 22.9. The van der Waals surface area contributed by atoms with Crippen molar-refractivity contribution < 1.29 is 9.59 Å². The summed E-state index contributed by atoms with van der Waals surface area (Å²) in [5.41, 5.74) is 4.97. The average Bonchev–Trinajstić information content (AvgIpc) is 2.24. The number of Topliss-reactive ketones (excluding diaryl/α,β-unsaturated/α-hetero) is 1. The van der Waals surface area contributed by atoms with Crippen LogP contribution in [0.2, 0.25) is 0 Å². The van der Waals surface area contributed by atoms with Gasteiger partial charge in [0.05, 0.1) is 6.54 Å². The molecule has 1 N–H and O–H groups in total. The van der Waals surface area contributed by atoms with Crippen LogP contribution in [0.1, 0.15) is 39.5 Å². The first-order valence-corrected chi connectivity index (χ1v) is 5.69. The number of aryl methyl sites for hydroxylation is 2. The SMILES string of the molecule is CC(=O)NCC(=O)c1c(C)c(C)cc(C)c1C. The molecule has 3 nitrogen and oxygen atoms in total. The molecular weight excluding hydrogens is 214 g/mol. The zero-order valence-corrected chi connectivity index (χ0v) is 11.1. The Balaban J connectivity index is 3.12. The summed E-state index contributed by atoms with van der Waals surface area (Å²) < 4.78 is 0. The Kier molecular flexibility index (Phi) is 4.05. The van der Waals surface area contributed by atoms with Gasteiger partial charge in [-0.2, -0.15) is 0 Å². The maximum absolute atomic E-state index is 12.1. The van der Waals surface area contributed by atoms with E-state index in [0.29, 0.717) is 0 Å². The lowest BCUT2D eigenvalue weighted by molar-refractivity contribution is -0.118. The smallest absolute Gasteiger partial charge is 0.217 e. The highest BCUT2D eigenvalue weighted by atomic mass is 16.2. The molecule has 17 heavy (non-hydrogen) atoms. The van der Waals surface area contributed by atoms with Crippen molar-refractivity contribution in [2.75, 3.05) is 6.54 Å². The third-order valence-corrected chi connectivity index (χ3v) is 3.14. The molecule has 0 radical (unpaired) electrons. The number of hydrogen-bond acceptors (Lipinski definition) is 2. The van der Waals surface area contributed by atoms with Crippen LogP contribution in [0.15, 0.2) is 6.07 Å². The molecule has 1 rings (SSSR count). The molecule has 0 fully saturated rings. The van der Waals surface area contributed by atoms with E-state index in [4.69, 9.17) is 0 Å². The maximum atomic E-state index is 12.1. The fourth-order valence-electron chi connectivity index (χ4n) is 1.93. The second kappa shape index (κ2) is 5.13. The number of rotatable bonds is 3. The summed E-state index contributed by atoms with van der Waals surface area (Å²) in [6.07, 6.45) is 0. The van der Waals surface area contributed by atoms with Crippen LogP contribution < -0.4 is 5.32 Å². The van der Waals surface area contributed by atoms with Crippen molar-refractivity contribution in [1.29, 1.82) is 0 Å². The van der Waals surface area contributed by atoms with Gasteiger partial charge < -0.3 is 5.32 Å². The van der Waals surface area contributed by atoms with Crippen molar-refractivity contribution in [3.63, 3.8) is 0 Å². The molecular formula is C14H19NO2. The normalized spacial score (nSPS) is 10.2. The minimum absolute atomic E-state index is 0.0259. The minimum Gasteiger partial charge on any atom is -0.349 e. The van der Waals surface area contributed by atoms with Crippen molar-refractivity contribution >= 4 is 11.7 Å². The highest BCUT2D eigenvalue weighted by Gasteiger charge is 2.15. The zero-order chi connectivity index (χ0) is 13.2. The molecule has 0 heterocycles. The van der Waals surface area contributed by atoms with Crippen LogP contribution >= 0.6 is 0 Å². The van der Waals surface area contributed by atoms with E-state index in [1.54, 1.807) is 0 Å². The predicted octanol–water partition coefficient (Wildman–Crippen LogP) is 2.24. The number of hydrogen-bond donors (Lipinski definition) is 1. The molecule has 0 aromatic heterocycles. The van der Waals surface area contributed by atoms with Crippen molar-refractivity contribution in [1.82, 2.24) is 5.32 Å². The van der Waals surface area contributed by atoms with Gasteiger partial charge in [-0.05, 0) is 49.9 Å². The summed E-state index contributed by atoms with van der Waals surface area (Å²) in [7, 11) is 0. The lowest BCUT2D eigenvalue weighted by atomic mass is 9.92. The number of carbonyl (C=O) groups excluding carboxylic acids is 2. The Hall–Kier alpha value is -1.64. The van der Waals surface area contributed by atoms with Gasteiger partial charge in [0.1, 0.15) is 0 Å². The van der Waals surface area contributed by atoms with Gasteiger partial charge in [-0.25, -0.2) is 0 Å². The van der Waals surface area contributed by atoms with Crippen LogP contribution in [0.25, 0.3) is 0 Å². The highest BCUT2D eigenvalue weighted by Crippen LogP contribution is 2.21. The maximum Gasteiger partial charge on any atom is 0.217 e. The standard InChI is InChI=1S/C14H19NO2/c1-8-6-9(2)11(4)14(10(8)3)13(17)7-15-12(5)16/h6H,7H2,1-5H3,(H,15,16). The van der Waals surface area contributed by atoms with Crippen molar-refractivity contribution in [3.8, 4) is 0 Å². The summed E-state index contributed by atoms with van der Waals surface area (Å²) in [6, 6.07) is 2.08.